The van der Waals surface area contributed by atoms with Crippen molar-refractivity contribution in [3.63, 3.8) is 0 Å². The van der Waals surface area contributed by atoms with E-state index in [2.05, 4.69) is 32.3 Å². The molecule has 0 amide bonds. The Morgan fingerprint density at radius 3 is 2.50 bits per heavy atom. The Kier molecular flexibility index (Phi) is 11.0. The lowest BCUT2D eigenvalue weighted by Gasteiger charge is -2.32. The molecule has 36 heavy (non-hydrogen) atoms. The number of halogens is 3. The van der Waals surface area contributed by atoms with Crippen LogP contribution in [0.15, 0.2) is 24.5 Å². The third-order valence-corrected chi connectivity index (χ3v) is 7.29. The van der Waals surface area contributed by atoms with E-state index in [1.807, 2.05) is 20.9 Å². The first-order valence-corrected chi connectivity index (χ1v) is 13.0. The van der Waals surface area contributed by atoms with E-state index < -0.39 is 29.1 Å². The van der Waals surface area contributed by atoms with Crippen LogP contribution >= 0.6 is 0 Å². The van der Waals surface area contributed by atoms with Gasteiger partial charge in [-0.15, -0.1) is 0 Å². The van der Waals surface area contributed by atoms with E-state index in [0.717, 1.165) is 36.8 Å². The fraction of sp³-hybridized carbons (Fsp3) is 0.500. The van der Waals surface area contributed by atoms with Crippen LogP contribution in [0.5, 0.6) is 5.88 Å². The zero-order chi connectivity index (χ0) is 26.9. The summed E-state index contributed by atoms with van der Waals surface area (Å²) in [6, 6.07) is 2.41. The van der Waals surface area contributed by atoms with Gasteiger partial charge in [-0.05, 0) is 46.2 Å². The molecule has 0 aromatic carbocycles. The molecule has 1 fully saturated rings. The zero-order valence-electron chi connectivity index (χ0n) is 20.7. The molecule has 0 aliphatic carbocycles. The van der Waals surface area contributed by atoms with Crippen molar-refractivity contribution in [2.45, 2.75) is 58.2 Å². The number of alkyl halides is 2. The van der Waals surface area contributed by atoms with Gasteiger partial charge in [0.15, 0.2) is 12.1 Å². The molecule has 1 aliphatic heterocycles. The first-order valence-electron chi connectivity index (χ1n) is 11.5. The number of aromatic nitrogens is 2. The molecule has 0 spiro atoms. The SMILES string of the molecule is CC[C@H](C)Nc1cc(C=O)cnc1C(=N)c1cc(OC(F)F)ncc1F.CNC1(C)CCS(=O)CC1. The molecule has 3 N–H and O–H groups in total. The lowest BCUT2D eigenvalue weighted by molar-refractivity contribution is -0.0529. The molecule has 0 unspecified atom stereocenters. The van der Waals surface area contributed by atoms with Gasteiger partial charge in [0.2, 0.25) is 5.88 Å². The smallest absolute Gasteiger partial charge is 0.388 e. The summed E-state index contributed by atoms with van der Waals surface area (Å²) in [6.45, 7) is 2.91. The van der Waals surface area contributed by atoms with Gasteiger partial charge >= 0.3 is 6.61 Å². The van der Waals surface area contributed by atoms with Crippen LogP contribution in [0, 0.1) is 11.2 Å². The van der Waals surface area contributed by atoms with Crippen LogP contribution in [0.25, 0.3) is 0 Å². The number of pyridine rings is 2. The molecule has 0 saturated carbocycles. The Bertz CT molecular complexity index is 1080. The number of carbonyl (C=O) groups excluding carboxylic acids is 1. The molecule has 12 heteroatoms. The Labute approximate surface area is 211 Å². The van der Waals surface area contributed by atoms with Crippen molar-refractivity contribution in [2.24, 2.45) is 0 Å². The van der Waals surface area contributed by atoms with Gasteiger partial charge in [-0.3, -0.25) is 19.4 Å². The van der Waals surface area contributed by atoms with E-state index in [-0.39, 0.29) is 34.1 Å². The number of hydrogen-bond acceptors (Lipinski definition) is 8. The maximum atomic E-state index is 14.1. The van der Waals surface area contributed by atoms with Gasteiger partial charge in [-0.25, -0.2) is 9.37 Å². The average Bonchev–Trinajstić information content (AvgIpc) is 2.86. The second-order valence-corrected chi connectivity index (χ2v) is 10.3. The highest BCUT2D eigenvalue weighted by Gasteiger charge is 2.27. The highest BCUT2D eigenvalue weighted by molar-refractivity contribution is 7.85. The van der Waals surface area contributed by atoms with Crippen molar-refractivity contribution in [3.8, 4) is 5.88 Å². The van der Waals surface area contributed by atoms with Crippen LogP contribution < -0.4 is 15.4 Å². The molecule has 1 aliphatic rings. The van der Waals surface area contributed by atoms with E-state index in [4.69, 9.17) is 5.41 Å². The van der Waals surface area contributed by atoms with Crippen molar-refractivity contribution >= 4 is 28.5 Å². The first-order chi connectivity index (χ1) is 17.0. The fourth-order valence-corrected chi connectivity index (χ4v) is 4.83. The van der Waals surface area contributed by atoms with Crippen molar-refractivity contribution in [1.29, 1.82) is 5.41 Å². The van der Waals surface area contributed by atoms with Gasteiger partial charge in [-0.2, -0.15) is 8.78 Å². The van der Waals surface area contributed by atoms with Crippen molar-refractivity contribution < 1.29 is 26.9 Å². The largest absolute Gasteiger partial charge is 0.417 e. The molecule has 1 saturated heterocycles. The van der Waals surface area contributed by atoms with Crippen LogP contribution in [0.4, 0.5) is 18.9 Å². The summed E-state index contributed by atoms with van der Waals surface area (Å²) in [7, 11) is 1.45. The second-order valence-electron chi connectivity index (χ2n) is 8.65. The minimum Gasteiger partial charge on any atom is -0.417 e. The molecule has 0 radical (unpaired) electrons. The molecule has 198 valence electrons. The van der Waals surface area contributed by atoms with Crippen LogP contribution in [0.2, 0.25) is 0 Å². The van der Waals surface area contributed by atoms with Crippen molar-refractivity contribution in [1.82, 2.24) is 15.3 Å². The second kappa shape index (κ2) is 13.4. The zero-order valence-corrected chi connectivity index (χ0v) is 21.6. The van der Waals surface area contributed by atoms with E-state index in [1.165, 1.54) is 12.3 Å². The summed E-state index contributed by atoms with van der Waals surface area (Å²) in [4.78, 5) is 18.5. The third-order valence-electron chi connectivity index (χ3n) is 5.97. The molecule has 2 aromatic heterocycles. The lowest BCUT2D eigenvalue weighted by Crippen LogP contribution is -2.45. The molecule has 2 aromatic rings. The first kappa shape index (κ1) is 29.4. The van der Waals surface area contributed by atoms with Gasteiger partial charge in [0.05, 0.1) is 17.6 Å². The Morgan fingerprint density at radius 1 is 1.28 bits per heavy atom. The van der Waals surface area contributed by atoms with E-state index in [0.29, 0.717) is 18.2 Å². The summed E-state index contributed by atoms with van der Waals surface area (Å²) >= 11 is 0. The van der Waals surface area contributed by atoms with Gasteiger partial charge in [0.1, 0.15) is 5.69 Å². The van der Waals surface area contributed by atoms with Crippen LogP contribution in [-0.2, 0) is 10.8 Å². The van der Waals surface area contributed by atoms with Gasteiger partial charge in [-0.1, -0.05) is 6.92 Å². The maximum absolute atomic E-state index is 14.1. The third kappa shape index (κ3) is 8.37. The van der Waals surface area contributed by atoms with Crippen molar-refractivity contribution in [2.75, 3.05) is 23.9 Å². The number of nitrogens with one attached hydrogen (secondary N) is 3. The van der Waals surface area contributed by atoms with Crippen LogP contribution in [0.3, 0.4) is 0 Å². The normalized spacial score (nSPS) is 20.2. The van der Waals surface area contributed by atoms with E-state index >= 15 is 0 Å². The highest BCUT2D eigenvalue weighted by Crippen LogP contribution is 2.24. The fourth-order valence-electron chi connectivity index (χ4n) is 3.27. The minimum atomic E-state index is -3.12. The topological polar surface area (TPSA) is 117 Å². The number of nitrogens with zero attached hydrogens (tertiary/aromatic N) is 2. The van der Waals surface area contributed by atoms with Gasteiger partial charge in [0, 0.05) is 57.3 Å². The summed E-state index contributed by atoms with van der Waals surface area (Å²) in [5, 5.41) is 14.6. The summed E-state index contributed by atoms with van der Waals surface area (Å²) in [5.41, 5.74) is 0.324. The quantitative estimate of drug-likeness (QED) is 0.331. The standard InChI is InChI=1S/C17H17F3N4O2.C7H15NOS/c1-3-9(2)24-13-4-10(8-25)6-23-16(13)15(21)11-5-14(26-17(19)20)22-7-12(11)18;1-7(8-2)3-5-10(9)6-4-7/h4-9,17,21,24H,3H2,1-2H3;8H,3-6H2,1-2H3/t9-;/m0./s1. The summed E-state index contributed by atoms with van der Waals surface area (Å²) in [5.74, 6) is 0.351. The molecule has 0 bridgehead atoms. The lowest BCUT2D eigenvalue weighted by atomic mass is 9.95. The van der Waals surface area contributed by atoms with Crippen LogP contribution in [0.1, 0.15) is 61.6 Å². The van der Waals surface area contributed by atoms with Gasteiger partial charge in [0.25, 0.3) is 0 Å². The predicted molar refractivity (Wildman–Crippen MR) is 134 cm³/mol. The number of ether oxygens (including phenoxy) is 1. The Hall–Kier alpha value is -2.86. The number of hydrogen-bond donors (Lipinski definition) is 3. The molecular formula is C24H32F3N5O3S. The van der Waals surface area contributed by atoms with Crippen molar-refractivity contribution in [3.05, 3.63) is 47.2 Å². The monoisotopic (exact) mass is 527 g/mol. The number of aldehydes is 1. The predicted octanol–water partition coefficient (Wildman–Crippen LogP) is 4.16. The highest BCUT2D eigenvalue weighted by atomic mass is 32.2. The Morgan fingerprint density at radius 2 is 1.94 bits per heavy atom. The van der Waals surface area contributed by atoms with E-state index in [1.54, 1.807) is 0 Å². The number of rotatable bonds is 9. The molecule has 3 rings (SSSR count). The Balaban J connectivity index is 0.000000380. The number of anilines is 1. The average molecular weight is 528 g/mol. The molecule has 3 heterocycles. The molecular weight excluding hydrogens is 495 g/mol. The summed E-state index contributed by atoms with van der Waals surface area (Å²) < 4.78 is 53.9. The summed E-state index contributed by atoms with van der Waals surface area (Å²) in [6.07, 6.45) is 5.40. The molecule has 8 nitrogen and oxygen atoms in total. The number of carbonyl (C=O) groups is 1. The molecule has 1 atom stereocenters. The minimum absolute atomic E-state index is 0.00488. The van der Waals surface area contributed by atoms with Gasteiger partial charge < -0.3 is 15.4 Å². The van der Waals surface area contributed by atoms with E-state index in [9.17, 15) is 22.2 Å². The maximum Gasteiger partial charge on any atom is 0.388 e. The van der Waals surface area contributed by atoms with Crippen LogP contribution in [-0.4, -0.2) is 62.9 Å².